The first-order chi connectivity index (χ1) is 7.62. The largest absolute Gasteiger partial charge is 0.394 e. The summed E-state index contributed by atoms with van der Waals surface area (Å²) in [6, 6.07) is -0.0713. The highest BCUT2D eigenvalue weighted by Gasteiger charge is 2.12. The predicted molar refractivity (Wildman–Crippen MR) is 65.6 cm³/mol. The lowest BCUT2D eigenvalue weighted by molar-refractivity contribution is 0.271. The number of aliphatic hydroxyl groups excluding tert-OH is 1. The van der Waals surface area contributed by atoms with Crippen LogP contribution in [0, 0.1) is 0 Å². The van der Waals surface area contributed by atoms with Gasteiger partial charge < -0.3 is 16.2 Å². The molecule has 1 unspecified atom stereocenters. The summed E-state index contributed by atoms with van der Waals surface area (Å²) in [5, 5.41) is 12.4. The molecule has 6 heteroatoms. The second kappa shape index (κ2) is 5.86. The molecule has 1 aromatic rings. The number of nitrogens with one attached hydrogen (secondary N) is 1. The summed E-state index contributed by atoms with van der Waals surface area (Å²) in [4.78, 5) is 8.28. The van der Waals surface area contributed by atoms with Gasteiger partial charge in [0.25, 0.3) is 0 Å². The third-order valence-electron chi connectivity index (χ3n) is 2.32. The van der Waals surface area contributed by atoms with Gasteiger partial charge in [-0.1, -0.05) is 25.4 Å². The molecule has 0 amide bonds. The van der Waals surface area contributed by atoms with Crippen LogP contribution in [0.4, 0.5) is 11.5 Å². The van der Waals surface area contributed by atoms with E-state index in [-0.39, 0.29) is 17.8 Å². The monoisotopic (exact) mass is 244 g/mol. The second-order valence-electron chi connectivity index (χ2n) is 3.48. The third-order valence-corrected chi connectivity index (χ3v) is 2.60. The number of hydrogen-bond donors (Lipinski definition) is 3. The Morgan fingerprint density at radius 1 is 1.44 bits per heavy atom. The Labute approximate surface area is 100 Å². The van der Waals surface area contributed by atoms with E-state index in [1.54, 1.807) is 0 Å². The number of nitrogen functional groups attached to an aromatic ring is 1. The van der Waals surface area contributed by atoms with E-state index >= 15 is 0 Å². The minimum Gasteiger partial charge on any atom is -0.394 e. The van der Waals surface area contributed by atoms with Crippen LogP contribution in [0.3, 0.4) is 0 Å². The highest BCUT2D eigenvalue weighted by molar-refractivity contribution is 6.32. The van der Waals surface area contributed by atoms with Crippen LogP contribution >= 0.6 is 11.6 Å². The van der Waals surface area contributed by atoms with E-state index in [1.807, 2.05) is 13.8 Å². The van der Waals surface area contributed by atoms with Gasteiger partial charge >= 0.3 is 0 Å². The van der Waals surface area contributed by atoms with Crippen LogP contribution in [0.1, 0.15) is 26.1 Å². The summed E-state index contributed by atoms with van der Waals surface area (Å²) in [5.74, 6) is 1.13. The molecule has 1 rings (SSSR count). The van der Waals surface area contributed by atoms with E-state index in [1.165, 1.54) is 0 Å². The Morgan fingerprint density at radius 2 is 2.12 bits per heavy atom. The van der Waals surface area contributed by atoms with Crippen LogP contribution in [-0.4, -0.2) is 27.7 Å². The maximum atomic E-state index is 9.09. The lowest BCUT2D eigenvalue weighted by atomic mass is 10.2. The smallest absolute Gasteiger partial charge is 0.157 e. The fraction of sp³-hybridized carbons (Fsp3) is 0.600. The van der Waals surface area contributed by atoms with Gasteiger partial charge in [0.1, 0.15) is 11.5 Å². The first kappa shape index (κ1) is 13.0. The SMILES string of the molecule is CCc1nc(Cl)c(N)c(NC(CC)CO)n1. The number of nitrogens with zero attached hydrogens (tertiary/aromatic N) is 2. The number of rotatable bonds is 5. The summed E-state index contributed by atoms with van der Waals surface area (Å²) >= 11 is 5.89. The van der Waals surface area contributed by atoms with Crippen molar-refractivity contribution in [1.82, 2.24) is 9.97 Å². The first-order valence-corrected chi connectivity index (χ1v) is 5.69. The van der Waals surface area contributed by atoms with E-state index in [0.717, 1.165) is 6.42 Å². The fourth-order valence-electron chi connectivity index (χ4n) is 1.22. The molecular weight excluding hydrogens is 228 g/mol. The Morgan fingerprint density at radius 3 is 2.62 bits per heavy atom. The average molecular weight is 245 g/mol. The van der Waals surface area contributed by atoms with Gasteiger partial charge in [-0.2, -0.15) is 0 Å². The summed E-state index contributed by atoms with van der Waals surface area (Å²) in [5.41, 5.74) is 6.09. The molecule has 0 aliphatic rings. The standard InChI is InChI=1S/C10H17ClN4O/c1-3-6(5-16)13-10-8(12)9(11)14-7(4-2)15-10/h6,16H,3-5,12H2,1-2H3,(H,13,14,15). The number of aliphatic hydroxyl groups is 1. The minimum atomic E-state index is -0.0713. The number of hydrogen-bond acceptors (Lipinski definition) is 5. The van der Waals surface area contributed by atoms with Gasteiger partial charge in [0.2, 0.25) is 0 Å². The predicted octanol–water partition coefficient (Wildman–Crippen LogP) is 1.46. The van der Waals surface area contributed by atoms with Gasteiger partial charge in [-0.25, -0.2) is 9.97 Å². The van der Waals surface area contributed by atoms with Crippen molar-refractivity contribution in [2.75, 3.05) is 17.7 Å². The topological polar surface area (TPSA) is 84.1 Å². The molecule has 0 spiro atoms. The maximum Gasteiger partial charge on any atom is 0.157 e. The molecule has 0 aromatic carbocycles. The zero-order valence-corrected chi connectivity index (χ0v) is 10.3. The van der Waals surface area contributed by atoms with Gasteiger partial charge in [-0.15, -0.1) is 0 Å². The minimum absolute atomic E-state index is 0.0268. The third kappa shape index (κ3) is 2.96. The average Bonchev–Trinajstić information content (AvgIpc) is 2.30. The van der Waals surface area contributed by atoms with Crippen molar-refractivity contribution in [3.05, 3.63) is 11.0 Å². The van der Waals surface area contributed by atoms with Crippen molar-refractivity contribution in [1.29, 1.82) is 0 Å². The molecule has 1 heterocycles. The highest BCUT2D eigenvalue weighted by atomic mass is 35.5. The van der Waals surface area contributed by atoms with E-state index < -0.39 is 0 Å². The summed E-state index contributed by atoms with van der Waals surface area (Å²) in [7, 11) is 0. The molecule has 90 valence electrons. The molecule has 5 nitrogen and oxygen atoms in total. The molecule has 0 saturated carbocycles. The Balaban J connectivity index is 2.97. The van der Waals surface area contributed by atoms with Crippen LogP contribution < -0.4 is 11.1 Å². The van der Waals surface area contributed by atoms with E-state index in [0.29, 0.717) is 23.8 Å². The van der Waals surface area contributed by atoms with Crippen molar-refractivity contribution in [3.8, 4) is 0 Å². The van der Waals surface area contributed by atoms with Gasteiger partial charge in [0.05, 0.1) is 12.6 Å². The molecule has 4 N–H and O–H groups in total. The van der Waals surface area contributed by atoms with E-state index in [4.69, 9.17) is 22.4 Å². The fourth-order valence-corrected chi connectivity index (χ4v) is 1.41. The molecule has 0 fully saturated rings. The van der Waals surface area contributed by atoms with Gasteiger partial charge in [0, 0.05) is 6.42 Å². The van der Waals surface area contributed by atoms with E-state index in [2.05, 4.69) is 15.3 Å². The van der Waals surface area contributed by atoms with Gasteiger partial charge in [-0.05, 0) is 6.42 Å². The van der Waals surface area contributed by atoms with Crippen molar-refractivity contribution >= 4 is 23.1 Å². The first-order valence-electron chi connectivity index (χ1n) is 5.31. The van der Waals surface area contributed by atoms with Crippen LogP contribution in [0.25, 0.3) is 0 Å². The molecule has 1 atom stereocenters. The van der Waals surface area contributed by atoms with E-state index in [9.17, 15) is 0 Å². The number of halogens is 1. The van der Waals surface area contributed by atoms with Crippen molar-refractivity contribution in [2.24, 2.45) is 0 Å². The van der Waals surface area contributed by atoms with Crippen LogP contribution in [-0.2, 0) is 6.42 Å². The zero-order chi connectivity index (χ0) is 12.1. The molecule has 0 bridgehead atoms. The quantitative estimate of drug-likeness (QED) is 0.683. The normalized spacial score (nSPS) is 12.5. The summed E-state index contributed by atoms with van der Waals surface area (Å²) in [6.07, 6.45) is 1.46. The van der Waals surface area contributed by atoms with Crippen LogP contribution in [0.15, 0.2) is 0 Å². The second-order valence-corrected chi connectivity index (χ2v) is 3.84. The molecule has 16 heavy (non-hydrogen) atoms. The molecule has 0 saturated heterocycles. The van der Waals surface area contributed by atoms with Crippen molar-refractivity contribution in [3.63, 3.8) is 0 Å². The molecule has 0 aliphatic heterocycles. The number of nitrogens with two attached hydrogens (primary N) is 1. The van der Waals surface area contributed by atoms with Gasteiger partial charge in [-0.3, -0.25) is 0 Å². The Hall–Kier alpha value is -1.07. The van der Waals surface area contributed by atoms with Crippen LogP contribution in [0.5, 0.6) is 0 Å². The number of aromatic nitrogens is 2. The summed E-state index contributed by atoms with van der Waals surface area (Å²) in [6.45, 7) is 3.93. The number of aryl methyl sites for hydroxylation is 1. The molecule has 0 aliphatic carbocycles. The lowest BCUT2D eigenvalue weighted by Crippen LogP contribution is -2.24. The van der Waals surface area contributed by atoms with Crippen LogP contribution in [0.2, 0.25) is 5.15 Å². The Kier molecular flexibility index (Phi) is 4.76. The van der Waals surface area contributed by atoms with Crippen molar-refractivity contribution in [2.45, 2.75) is 32.7 Å². The molecule has 0 radical (unpaired) electrons. The maximum absolute atomic E-state index is 9.09. The molecular formula is C10H17ClN4O. The lowest BCUT2D eigenvalue weighted by Gasteiger charge is -2.17. The highest BCUT2D eigenvalue weighted by Crippen LogP contribution is 2.24. The summed E-state index contributed by atoms with van der Waals surface area (Å²) < 4.78 is 0. The Bertz CT molecular complexity index is 355. The zero-order valence-electron chi connectivity index (χ0n) is 9.50. The number of anilines is 2. The van der Waals surface area contributed by atoms with Crippen molar-refractivity contribution < 1.29 is 5.11 Å². The molecule has 1 aromatic heterocycles. The van der Waals surface area contributed by atoms with Gasteiger partial charge in [0.15, 0.2) is 11.0 Å².